The third kappa shape index (κ3) is 5.36. The molecule has 35 heavy (non-hydrogen) atoms. The molecule has 0 atom stereocenters. The summed E-state index contributed by atoms with van der Waals surface area (Å²) in [4.78, 5) is 25.6. The number of anilines is 1. The molecule has 0 N–H and O–H groups in total. The number of hydrogen-bond acceptors (Lipinski definition) is 7. The average molecular weight is 507 g/mol. The minimum Gasteiger partial charge on any atom is -0.493 e. The van der Waals surface area contributed by atoms with E-state index in [1.165, 1.54) is 31.0 Å². The molecule has 0 aliphatic carbocycles. The first kappa shape index (κ1) is 24.4. The van der Waals surface area contributed by atoms with Gasteiger partial charge in [0.05, 0.1) is 22.6 Å². The maximum Gasteiger partial charge on any atom is 0.270 e. The van der Waals surface area contributed by atoms with Crippen LogP contribution in [0.15, 0.2) is 65.6 Å². The molecule has 0 radical (unpaired) electrons. The lowest BCUT2D eigenvalue weighted by Crippen LogP contribution is -2.27. The van der Waals surface area contributed by atoms with Gasteiger partial charge in [-0.2, -0.15) is 0 Å². The van der Waals surface area contributed by atoms with Crippen LogP contribution in [0, 0.1) is 24.0 Å². The van der Waals surface area contributed by atoms with E-state index in [9.17, 15) is 14.9 Å². The highest BCUT2D eigenvalue weighted by Gasteiger charge is 2.33. The largest absolute Gasteiger partial charge is 0.493 e. The summed E-state index contributed by atoms with van der Waals surface area (Å²) < 4.78 is 11.8. The van der Waals surface area contributed by atoms with Gasteiger partial charge in [-0.05, 0) is 78.6 Å². The number of thioether (sulfide) groups is 1. The Morgan fingerprint density at radius 2 is 1.77 bits per heavy atom. The van der Waals surface area contributed by atoms with Crippen LogP contribution in [0.1, 0.15) is 22.3 Å². The second-order valence-electron chi connectivity index (χ2n) is 7.91. The van der Waals surface area contributed by atoms with E-state index in [4.69, 9.17) is 21.7 Å². The summed E-state index contributed by atoms with van der Waals surface area (Å²) >= 11 is 6.75. The topological polar surface area (TPSA) is 81.9 Å². The number of carbonyl (C=O) groups excluding carboxylic acids is 1. The van der Waals surface area contributed by atoms with E-state index in [1.54, 1.807) is 35.2 Å². The van der Waals surface area contributed by atoms with E-state index in [2.05, 4.69) is 0 Å². The van der Waals surface area contributed by atoms with E-state index in [0.29, 0.717) is 20.7 Å². The maximum absolute atomic E-state index is 13.1. The summed E-state index contributed by atoms with van der Waals surface area (Å²) in [5, 5.41) is 10.8. The second-order valence-corrected chi connectivity index (χ2v) is 9.58. The van der Waals surface area contributed by atoms with Crippen molar-refractivity contribution in [3.05, 3.63) is 97.9 Å². The van der Waals surface area contributed by atoms with E-state index < -0.39 is 4.92 Å². The average Bonchev–Trinajstić information content (AvgIpc) is 3.12. The molecule has 0 unspecified atom stereocenters. The van der Waals surface area contributed by atoms with E-state index in [0.717, 1.165) is 27.9 Å². The third-order valence-electron chi connectivity index (χ3n) is 5.57. The van der Waals surface area contributed by atoms with Crippen LogP contribution in [-0.4, -0.2) is 22.3 Å². The normalized spacial score (nSPS) is 14.5. The van der Waals surface area contributed by atoms with Crippen molar-refractivity contribution in [2.24, 2.45) is 0 Å². The predicted octanol–water partition coefficient (Wildman–Crippen LogP) is 6.21. The van der Waals surface area contributed by atoms with E-state index in [1.807, 2.05) is 38.1 Å². The number of methoxy groups -OCH3 is 1. The first-order valence-corrected chi connectivity index (χ1v) is 11.9. The molecule has 3 aromatic rings. The second kappa shape index (κ2) is 10.3. The summed E-state index contributed by atoms with van der Waals surface area (Å²) in [6.07, 6.45) is 1.78. The molecule has 1 amide bonds. The Morgan fingerprint density at radius 3 is 2.43 bits per heavy atom. The highest BCUT2D eigenvalue weighted by atomic mass is 32.2. The molecular formula is C26H22N2O5S2. The van der Waals surface area contributed by atoms with Gasteiger partial charge in [-0.3, -0.25) is 19.8 Å². The van der Waals surface area contributed by atoms with Gasteiger partial charge in [-0.25, -0.2) is 0 Å². The van der Waals surface area contributed by atoms with Crippen molar-refractivity contribution in [2.45, 2.75) is 20.5 Å². The number of nitro groups is 1. The zero-order valence-corrected chi connectivity index (χ0v) is 20.9. The molecular weight excluding hydrogens is 484 g/mol. The van der Waals surface area contributed by atoms with Gasteiger partial charge in [0, 0.05) is 12.1 Å². The van der Waals surface area contributed by atoms with Crippen molar-refractivity contribution >= 4 is 51.7 Å². The van der Waals surface area contributed by atoms with Crippen LogP contribution in [0.4, 0.5) is 11.4 Å². The number of rotatable bonds is 7. The minimum absolute atomic E-state index is 0.0265. The van der Waals surface area contributed by atoms with Crippen LogP contribution in [0.5, 0.6) is 11.5 Å². The molecule has 0 spiro atoms. The molecule has 1 saturated heterocycles. The number of nitrogens with zero attached hydrogens (tertiary/aromatic N) is 2. The first-order chi connectivity index (χ1) is 16.8. The molecule has 3 aromatic carbocycles. The lowest BCUT2D eigenvalue weighted by atomic mass is 10.1. The van der Waals surface area contributed by atoms with Gasteiger partial charge in [0.15, 0.2) is 15.8 Å². The SMILES string of the molecule is COc1cc(C=C2SC(=S)N(c3ccc(C)c(C)c3)C2=O)ccc1OCc1ccc([N+](=O)[O-])cc1. The molecule has 1 fully saturated rings. The summed E-state index contributed by atoms with van der Waals surface area (Å²) in [5.41, 5.74) is 4.58. The monoisotopic (exact) mass is 506 g/mol. The summed E-state index contributed by atoms with van der Waals surface area (Å²) in [5.74, 6) is 0.858. The number of nitro benzene ring substituents is 1. The van der Waals surface area contributed by atoms with Crippen LogP contribution in [0.2, 0.25) is 0 Å². The van der Waals surface area contributed by atoms with Gasteiger partial charge >= 0.3 is 0 Å². The summed E-state index contributed by atoms with van der Waals surface area (Å²) in [7, 11) is 1.54. The van der Waals surface area contributed by atoms with Crippen molar-refractivity contribution in [1.82, 2.24) is 0 Å². The molecule has 1 aliphatic heterocycles. The van der Waals surface area contributed by atoms with Crippen LogP contribution in [0.25, 0.3) is 6.08 Å². The smallest absolute Gasteiger partial charge is 0.270 e. The summed E-state index contributed by atoms with van der Waals surface area (Å²) in [6.45, 7) is 4.25. The molecule has 0 saturated carbocycles. The number of non-ortho nitro benzene ring substituents is 1. The van der Waals surface area contributed by atoms with Crippen molar-refractivity contribution in [1.29, 1.82) is 0 Å². The van der Waals surface area contributed by atoms with Gasteiger partial charge < -0.3 is 9.47 Å². The van der Waals surface area contributed by atoms with Crippen LogP contribution in [-0.2, 0) is 11.4 Å². The third-order valence-corrected chi connectivity index (χ3v) is 6.87. The van der Waals surface area contributed by atoms with Crippen LogP contribution >= 0.6 is 24.0 Å². The Balaban J connectivity index is 1.51. The fourth-order valence-corrected chi connectivity index (χ4v) is 4.77. The highest BCUT2D eigenvalue weighted by molar-refractivity contribution is 8.27. The fourth-order valence-electron chi connectivity index (χ4n) is 3.47. The summed E-state index contributed by atoms with van der Waals surface area (Å²) in [6, 6.07) is 17.4. The lowest BCUT2D eigenvalue weighted by molar-refractivity contribution is -0.384. The van der Waals surface area contributed by atoms with Crippen molar-refractivity contribution in [2.75, 3.05) is 12.0 Å². The lowest BCUT2D eigenvalue weighted by Gasteiger charge is -2.16. The number of amides is 1. The molecule has 0 aromatic heterocycles. The molecule has 4 rings (SSSR count). The molecule has 0 bridgehead atoms. The molecule has 1 heterocycles. The zero-order chi connectivity index (χ0) is 25.1. The number of thiocarbonyl (C=S) groups is 1. The number of aryl methyl sites for hydroxylation is 2. The van der Waals surface area contributed by atoms with Crippen LogP contribution in [0.3, 0.4) is 0 Å². The van der Waals surface area contributed by atoms with Gasteiger partial charge in [0.2, 0.25) is 0 Å². The molecule has 178 valence electrons. The number of benzene rings is 3. The fraction of sp³-hybridized carbons (Fsp3) is 0.154. The molecule has 1 aliphatic rings. The Bertz CT molecular complexity index is 1350. The zero-order valence-electron chi connectivity index (χ0n) is 19.3. The highest BCUT2D eigenvalue weighted by Crippen LogP contribution is 2.37. The standard InChI is InChI=1S/C26H22N2O5S2/c1-16-4-8-21(12-17(16)2)27-25(29)24(35-26(27)34)14-19-7-11-22(23(13-19)32-3)33-15-18-5-9-20(10-6-18)28(30)31/h4-14H,15H2,1-3H3. The first-order valence-electron chi connectivity index (χ1n) is 10.7. The van der Waals surface area contributed by atoms with Gasteiger partial charge in [-0.1, -0.05) is 36.1 Å². The molecule has 9 heteroatoms. The Morgan fingerprint density at radius 1 is 1.03 bits per heavy atom. The van der Waals surface area contributed by atoms with Crippen molar-refractivity contribution in [3.63, 3.8) is 0 Å². The van der Waals surface area contributed by atoms with Crippen LogP contribution < -0.4 is 14.4 Å². The molecule has 7 nitrogen and oxygen atoms in total. The quantitative estimate of drug-likeness (QED) is 0.163. The van der Waals surface area contributed by atoms with Gasteiger partial charge in [-0.15, -0.1) is 0 Å². The Hall–Kier alpha value is -3.69. The van der Waals surface area contributed by atoms with Crippen molar-refractivity contribution < 1.29 is 19.2 Å². The minimum atomic E-state index is -0.442. The van der Waals surface area contributed by atoms with Gasteiger partial charge in [0.1, 0.15) is 6.61 Å². The van der Waals surface area contributed by atoms with Crippen molar-refractivity contribution in [3.8, 4) is 11.5 Å². The maximum atomic E-state index is 13.1. The van der Waals surface area contributed by atoms with E-state index >= 15 is 0 Å². The number of ether oxygens (including phenoxy) is 2. The Kier molecular flexibility index (Phi) is 7.18. The number of hydrogen-bond donors (Lipinski definition) is 0. The Labute approximate surface area is 212 Å². The predicted molar refractivity (Wildman–Crippen MR) is 142 cm³/mol. The van der Waals surface area contributed by atoms with Gasteiger partial charge in [0.25, 0.3) is 11.6 Å². The number of carbonyl (C=O) groups is 1. The van der Waals surface area contributed by atoms with E-state index in [-0.39, 0.29) is 18.2 Å².